The third kappa shape index (κ3) is 3.81. The van der Waals surface area contributed by atoms with E-state index in [4.69, 9.17) is 5.11 Å². The SMILES string of the molecule is O=C(O)CNC(=O)C1=C(O)c2ccc(F)c3c2N(C1)CC(c1ccc(C(F)(F)F)cc1)N3. The van der Waals surface area contributed by atoms with E-state index >= 15 is 0 Å². The van der Waals surface area contributed by atoms with Crippen molar-refractivity contribution in [1.29, 1.82) is 0 Å². The Bertz CT molecular complexity index is 1130. The highest BCUT2D eigenvalue weighted by molar-refractivity contribution is 6.05. The van der Waals surface area contributed by atoms with Crippen LogP contribution in [0.3, 0.4) is 0 Å². The van der Waals surface area contributed by atoms with Crippen LogP contribution in [0, 0.1) is 5.82 Å². The third-order valence-electron chi connectivity index (χ3n) is 5.37. The number of halogens is 4. The summed E-state index contributed by atoms with van der Waals surface area (Å²) in [4.78, 5) is 24.8. The first-order valence-electron chi connectivity index (χ1n) is 9.50. The van der Waals surface area contributed by atoms with Gasteiger partial charge in [0.2, 0.25) is 0 Å². The summed E-state index contributed by atoms with van der Waals surface area (Å²) in [6, 6.07) is 6.27. The summed E-state index contributed by atoms with van der Waals surface area (Å²) < 4.78 is 53.2. The van der Waals surface area contributed by atoms with Crippen LogP contribution >= 0.6 is 0 Å². The van der Waals surface area contributed by atoms with E-state index in [1.54, 1.807) is 4.90 Å². The minimum Gasteiger partial charge on any atom is -0.507 e. The van der Waals surface area contributed by atoms with Crippen molar-refractivity contribution < 1.29 is 37.4 Å². The van der Waals surface area contributed by atoms with Crippen molar-refractivity contribution in [3.05, 3.63) is 64.5 Å². The van der Waals surface area contributed by atoms with E-state index in [9.17, 15) is 32.3 Å². The monoisotopic (exact) mass is 451 g/mol. The van der Waals surface area contributed by atoms with E-state index in [0.29, 0.717) is 11.3 Å². The topological polar surface area (TPSA) is 102 Å². The van der Waals surface area contributed by atoms with Crippen LogP contribution in [0.25, 0.3) is 5.76 Å². The average Bonchev–Trinajstić information content (AvgIpc) is 2.75. The van der Waals surface area contributed by atoms with Gasteiger partial charge in [0.15, 0.2) is 0 Å². The maximum Gasteiger partial charge on any atom is 0.416 e. The van der Waals surface area contributed by atoms with Gasteiger partial charge in [0, 0.05) is 12.1 Å². The van der Waals surface area contributed by atoms with Crippen LogP contribution in [0.4, 0.5) is 28.9 Å². The second-order valence-electron chi connectivity index (χ2n) is 7.42. The molecule has 1 unspecified atom stereocenters. The molecule has 7 nitrogen and oxygen atoms in total. The number of aliphatic carboxylic acids is 1. The van der Waals surface area contributed by atoms with Crippen molar-refractivity contribution >= 4 is 29.0 Å². The lowest BCUT2D eigenvalue weighted by atomic mass is 9.93. The number of hydrogen-bond acceptors (Lipinski definition) is 5. The Kier molecular flexibility index (Phi) is 5.19. The van der Waals surface area contributed by atoms with Crippen molar-refractivity contribution in [2.24, 2.45) is 0 Å². The number of hydrogen-bond donors (Lipinski definition) is 4. The summed E-state index contributed by atoms with van der Waals surface area (Å²) in [7, 11) is 0. The largest absolute Gasteiger partial charge is 0.507 e. The van der Waals surface area contributed by atoms with E-state index in [1.165, 1.54) is 18.2 Å². The van der Waals surface area contributed by atoms with Gasteiger partial charge in [-0.2, -0.15) is 13.2 Å². The van der Waals surface area contributed by atoms with Gasteiger partial charge in [-0.1, -0.05) is 12.1 Å². The van der Waals surface area contributed by atoms with Crippen LogP contribution in [0.5, 0.6) is 0 Å². The number of nitrogens with zero attached hydrogens (tertiary/aromatic N) is 1. The summed E-state index contributed by atoms with van der Waals surface area (Å²) >= 11 is 0. The number of anilines is 2. The van der Waals surface area contributed by atoms with Crippen LogP contribution < -0.4 is 15.5 Å². The Labute approximate surface area is 179 Å². The lowest BCUT2D eigenvalue weighted by Crippen LogP contribution is -2.44. The van der Waals surface area contributed by atoms with E-state index in [0.717, 1.165) is 18.2 Å². The zero-order valence-electron chi connectivity index (χ0n) is 16.3. The van der Waals surface area contributed by atoms with Gasteiger partial charge in [0.1, 0.15) is 18.1 Å². The molecule has 4 N–H and O–H groups in total. The van der Waals surface area contributed by atoms with Gasteiger partial charge in [-0.25, -0.2) is 4.39 Å². The molecule has 0 saturated heterocycles. The molecule has 2 heterocycles. The highest BCUT2D eigenvalue weighted by Crippen LogP contribution is 2.45. The summed E-state index contributed by atoms with van der Waals surface area (Å²) in [6.45, 7) is -0.621. The quantitative estimate of drug-likeness (QED) is 0.533. The molecule has 0 saturated carbocycles. The predicted octanol–water partition coefficient (Wildman–Crippen LogP) is 3.30. The molecule has 1 atom stereocenters. The second-order valence-corrected chi connectivity index (χ2v) is 7.42. The summed E-state index contributed by atoms with van der Waals surface area (Å²) in [6.07, 6.45) is -4.49. The second kappa shape index (κ2) is 7.74. The highest BCUT2D eigenvalue weighted by Gasteiger charge is 2.37. The fourth-order valence-corrected chi connectivity index (χ4v) is 3.86. The third-order valence-corrected chi connectivity index (χ3v) is 5.37. The first kappa shape index (κ1) is 21.5. The van der Waals surface area contributed by atoms with Gasteiger partial charge in [0.05, 0.1) is 35.1 Å². The van der Waals surface area contributed by atoms with Gasteiger partial charge >= 0.3 is 12.1 Å². The van der Waals surface area contributed by atoms with Gasteiger partial charge in [0.25, 0.3) is 5.91 Å². The van der Waals surface area contributed by atoms with Crippen molar-refractivity contribution in [2.75, 3.05) is 29.9 Å². The number of carbonyl (C=O) groups excluding carboxylic acids is 1. The van der Waals surface area contributed by atoms with Crippen LogP contribution in [0.15, 0.2) is 42.0 Å². The number of nitrogens with one attached hydrogen (secondary N) is 2. The number of alkyl halides is 3. The lowest BCUT2D eigenvalue weighted by molar-refractivity contribution is -0.138. The fraction of sp³-hybridized carbons (Fsp3) is 0.238. The van der Waals surface area contributed by atoms with Crippen LogP contribution in [-0.4, -0.2) is 41.7 Å². The van der Waals surface area contributed by atoms with E-state index in [-0.39, 0.29) is 29.9 Å². The summed E-state index contributed by atoms with van der Waals surface area (Å²) in [5, 5.41) is 24.5. The summed E-state index contributed by atoms with van der Waals surface area (Å²) in [5.41, 5.74) is 0.129. The molecular formula is C21H17F4N3O4. The molecule has 2 aromatic carbocycles. The van der Waals surface area contributed by atoms with Crippen LogP contribution in [-0.2, 0) is 15.8 Å². The standard InChI is InChI=1S/C21H17F4N3O4/c22-14-6-5-12-18-17(14)27-15(10-1-3-11(4-2-10)21(23,24)25)9-28(18)8-13(19(12)31)20(32)26-7-16(29)30/h1-6,15,27,31H,7-9H2,(H,26,32)(H,29,30). The van der Waals surface area contributed by atoms with Crippen LogP contribution in [0.2, 0.25) is 0 Å². The first-order valence-corrected chi connectivity index (χ1v) is 9.50. The minimum absolute atomic E-state index is 0.0511. The molecular weight excluding hydrogens is 434 g/mol. The fourth-order valence-electron chi connectivity index (χ4n) is 3.86. The number of carboxylic acid groups (broad SMARTS) is 1. The number of aliphatic hydroxyl groups is 1. The molecule has 0 radical (unpaired) electrons. The Balaban J connectivity index is 1.69. The normalized spacial score (nSPS) is 17.5. The molecule has 2 aromatic rings. The number of carboxylic acids is 1. The van der Waals surface area contributed by atoms with E-state index < -0.39 is 47.8 Å². The summed E-state index contributed by atoms with van der Waals surface area (Å²) in [5.74, 6) is -3.07. The Hall–Kier alpha value is -3.76. The predicted molar refractivity (Wildman–Crippen MR) is 107 cm³/mol. The first-order chi connectivity index (χ1) is 15.1. The highest BCUT2D eigenvalue weighted by atomic mass is 19.4. The number of benzene rings is 2. The molecule has 2 aliphatic rings. The zero-order chi connectivity index (χ0) is 23.2. The molecule has 0 spiro atoms. The van der Waals surface area contributed by atoms with Crippen LogP contribution in [0.1, 0.15) is 22.7 Å². The molecule has 0 fully saturated rings. The molecule has 11 heteroatoms. The minimum atomic E-state index is -4.49. The number of amides is 1. The number of rotatable bonds is 4. The smallest absolute Gasteiger partial charge is 0.416 e. The molecule has 168 valence electrons. The van der Waals surface area contributed by atoms with Gasteiger partial charge in [-0.15, -0.1) is 0 Å². The van der Waals surface area contributed by atoms with Crippen molar-refractivity contribution in [1.82, 2.24) is 5.32 Å². The maximum atomic E-state index is 14.6. The van der Waals surface area contributed by atoms with Gasteiger partial charge in [-0.3, -0.25) is 9.59 Å². The number of aliphatic hydroxyl groups excluding tert-OH is 1. The molecule has 2 aliphatic heterocycles. The van der Waals surface area contributed by atoms with Gasteiger partial charge < -0.3 is 25.7 Å². The molecule has 32 heavy (non-hydrogen) atoms. The van der Waals surface area contributed by atoms with Crippen molar-refractivity contribution in [3.63, 3.8) is 0 Å². The van der Waals surface area contributed by atoms with Crippen molar-refractivity contribution in [3.8, 4) is 0 Å². The molecule has 0 bridgehead atoms. The lowest BCUT2D eigenvalue weighted by Gasteiger charge is -2.41. The van der Waals surface area contributed by atoms with Crippen molar-refractivity contribution in [2.45, 2.75) is 12.2 Å². The Morgan fingerprint density at radius 3 is 2.47 bits per heavy atom. The van der Waals surface area contributed by atoms with Gasteiger partial charge in [-0.05, 0) is 29.8 Å². The average molecular weight is 451 g/mol. The zero-order valence-corrected chi connectivity index (χ0v) is 16.3. The molecule has 1 amide bonds. The van der Waals surface area contributed by atoms with E-state index in [2.05, 4.69) is 10.6 Å². The Morgan fingerprint density at radius 2 is 1.84 bits per heavy atom. The molecule has 0 aliphatic carbocycles. The Morgan fingerprint density at radius 1 is 1.16 bits per heavy atom. The molecule has 4 rings (SSSR count). The number of carbonyl (C=O) groups is 2. The van der Waals surface area contributed by atoms with E-state index in [1.807, 2.05) is 0 Å². The molecule has 0 aromatic heterocycles. The maximum absolute atomic E-state index is 14.6.